The normalized spacial score (nSPS) is 15.8. The minimum Gasteiger partial charge on any atom is -0.316 e. The third-order valence-corrected chi connectivity index (χ3v) is 3.87. The van der Waals surface area contributed by atoms with E-state index in [0.717, 1.165) is 24.9 Å². The highest BCUT2D eigenvalue weighted by atomic mass is 15.2. The van der Waals surface area contributed by atoms with Crippen LogP contribution in [0.4, 0.5) is 0 Å². The quantitative estimate of drug-likeness (QED) is 0.645. The van der Waals surface area contributed by atoms with E-state index in [9.17, 15) is 0 Å². The van der Waals surface area contributed by atoms with Gasteiger partial charge in [0, 0.05) is 25.7 Å². The van der Waals surface area contributed by atoms with Crippen molar-refractivity contribution < 1.29 is 0 Å². The molecule has 1 unspecified atom stereocenters. The monoisotopic (exact) mass is 270 g/mol. The van der Waals surface area contributed by atoms with Crippen LogP contribution in [0.1, 0.15) is 61.8 Å². The van der Waals surface area contributed by atoms with E-state index in [-0.39, 0.29) is 0 Å². The fourth-order valence-corrected chi connectivity index (χ4v) is 2.37. The summed E-state index contributed by atoms with van der Waals surface area (Å²) in [6.45, 7) is 23.2. The van der Waals surface area contributed by atoms with Crippen LogP contribution in [0.5, 0.6) is 0 Å². The van der Waals surface area contributed by atoms with Crippen LogP contribution in [-0.4, -0.2) is 37.1 Å². The molecule has 1 atom stereocenters. The highest BCUT2D eigenvalue weighted by molar-refractivity contribution is 4.81. The van der Waals surface area contributed by atoms with Crippen molar-refractivity contribution in [1.29, 1.82) is 0 Å². The zero-order valence-corrected chi connectivity index (χ0v) is 14.7. The number of hydrogen-bond acceptors (Lipinski definition) is 2. The summed E-state index contributed by atoms with van der Waals surface area (Å²) >= 11 is 0. The molecule has 0 bridgehead atoms. The molecule has 0 radical (unpaired) electrons. The standard InChI is InChI=1S/C17H38N2/c1-9-17(8,12-18-10-14(2)3)13-19(16(6)7)11-15(4)5/h14-16,18H,9-13H2,1-8H3. The SMILES string of the molecule is CCC(C)(CNCC(C)C)CN(CC(C)C)C(C)C. The number of rotatable bonds is 10. The fourth-order valence-electron chi connectivity index (χ4n) is 2.37. The van der Waals surface area contributed by atoms with Crippen molar-refractivity contribution in [3.8, 4) is 0 Å². The molecule has 2 heteroatoms. The molecule has 19 heavy (non-hydrogen) atoms. The van der Waals surface area contributed by atoms with E-state index in [1.807, 2.05) is 0 Å². The lowest BCUT2D eigenvalue weighted by Gasteiger charge is -2.38. The predicted octanol–water partition coefficient (Wildman–Crippen LogP) is 4.01. The number of hydrogen-bond donors (Lipinski definition) is 1. The molecule has 0 rings (SSSR count). The Morgan fingerprint density at radius 3 is 1.95 bits per heavy atom. The average molecular weight is 271 g/mol. The first-order chi connectivity index (χ1) is 8.70. The van der Waals surface area contributed by atoms with E-state index in [0.29, 0.717) is 11.5 Å². The lowest BCUT2D eigenvalue weighted by atomic mass is 9.86. The van der Waals surface area contributed by atoms with Gasteiger partial charge >= 0.3 is 0 Å². The second-order valence-electron chi connectivity index (χ2n) is 7.61. The highest BCUT2D eigenvalue weighted by Crippen LogP contribution is 2.23. The maximum Gasteiger partial charge on any atom is 0.00502 e. The molecule has 0 aliphatic carbocycles. The molecule has 0 fully saturated rings. The van der Waals surface area contributed by atoms with Gasteiger partial charge in [-0.3, -0.25) is 0 Å². The molecule has 0 saturated carbocycles. The summed E-state index contributed by atoms with van der Waals surface area (Å²) < 4.78 is 0. The van der Waals surface area contributed by atoms with Crippen LogP contribution >= 0.6 is 0 Å². The van der Waals surface area contributed by atoms with E-state index in [2.05, 4.69) is 65.6 Å². The van der Waals surface area contributed by atoms with Gasteiger partial charge in [-0.05, 0) is 44.1 Å². The average Bonchev–Trinajstić information content (AvgIpc) is 2.27. The molecular formula is C17H38N2. The van der Waals surface area contributed by atoms with E-state index in [4.69, 9.17) is 0 Å². The van der Waals surface area contributed by atoms with Gasteiger partial charge in [0.1, 0.15) is 0 Å². The van der Waals surface area contributed by atoms with Gasteiger partial charge in [-0.15, -0.1) is 0 Å². The van der Waals surface area contributed by atoms with Gasteiger partial charge in [-0.25, -0.2) is 0 Å². The predicted molar refractivity (Wildman–Crippen MR) is 87.7 cm³/mol. The third kappa shape index (κ3) is 8.65. The summed E-state index contributed by atoms with van der Waals surface area (Å²) in [5.41, 5.74) is 0.383. The van der Waals surface area contributed by atoms with E-state index in [1.54, 1.807) is 0 Å². The third-order valence-electron chi connectivity index (χ3n) is 3.87. The summed E-state index contributed by atoms with van der Waals surface area (Å²) in [4.78, 5) is 2.64. The van der Waals surface area contributed by atoms with Crippen LogP contribution in [0.2, 0.25) is 0 Å². The Labute approximate surface area is 122 Å². The minimum atomic E-state index is 0.383. The molecule has 0 aromatic heterocycles. The molecule has 0 aliphatic heterocycles. The molecule has 0 amide bonds. The van der Waals surface area contributed by atoms with Crippen LogP contribution in [0.15, 0.2) is 0 Å². The molecule has 0 aromatic carbocycles. The largest absolute Gasteiger partial charge is 0.316 e. The van der Waals surface area contributed by atoms with E-state index >= 15 is 0 Å². The summed E-state index contributed by atoms with van der Waals surface area (Å²) in [6, 6.07) is 0.637. The summed E-state index contributed by atoms with van der Waals surface area (Å²) in [7, 11) is 0. The molecule has 0 aliphatic rings. The fraction of sp³-hybridized carbons (Fsp3) is 1.00. The highest BCUT2D eigenvalue weighted by Gasteiger charge is 2.26. The topological polar surface area (TPSA) is 15.3 Å². The van der Waals surface area contributed by atoms with Gasteiger partial charge in [-0.2, -0.15) is 0 Å². The van der Waals surface area contributed by atoms with Crippen molar-refractivity contribution in [2.24, 2.45) is 17.3 Å². The van der Waals surface area contributed by atoms with Crippen LogP contribution in [0, 0.1) is 17.3 Å². The van der Waals surface area contributed by atoms with Crippen molar-refractivity contribution in [2.45, 2.75) is 67.9 Å². The lowest BCUT2D eigenvalue weighted by molar-refractivity contribution is 0.114. The van der Waals surface area contributed by atoms with Gasteiger partial charge in [0.2, 0.25) is 0 Å². The summed E-state index contributed by atoms with van der Waals surface area (Å²) in [5, 5.41) is 3.65. The number of nitrogens with zero attached hydrogens (tertiary/aromatic N) is 1. The van der Waals surface area contributed by atoms with Crippen molar-refractivity contribution in [3.63, 3.8) is 0 Å². The zero-order chi connectivity index (χ0) is 15.1. The van der Waals surface area contributed by atoms with Crippen molar-refractivity contribution >= 4 is 0 Å². The Morgan fingerprint density at radius 2 is 1.58 bits per heavy atom. The number of nitrogens with one attached hydrogen (secondary N) is 1. The Hall–Kier alpha value is -0.0800. The molecule has 0 saturated heterocycles. The first kappa shape index (κ1) is 18.9. The summed E-state index contributed by atoms with van der Waals surface area (Å²) in [6.07, 6.45) is 1.24. The Kier molecular flexibility index (Phi) is 8.93. The Bertz CT molecular complexity index is 223. The maximum absolute atomic E-state index is 3.65. The molecule has 0 spiro atoms. The van der Waals surface area contributed by atoms with Gasteiger partial charge in [0.05, 0.1) is 0 Å². The van der Waals surface area contributed by atoms with E-state index < -0.39 is 0 Å². The van der Waals surface area contributed by atoms with Crippen LogP contribution in [0.25, 0.3) is 0 Å². The molecule has 2 nitrogen and oxygen atoms in total. The van der Waals surface area contributed by atoms with Crippen LogP contribution in [0.3, 0.4) is 0 Å². The van der Waals surface area contributed by atoms with Gasteiger partial charge in [-0.1, -0.05) is 41.5 Å². The zero-order valence-electron chi connectivity index (χ0n) is 14.7. The molecule has 0 aromatic rings. The van der Waals surface area contributed by atoms with Gasteiger partial charge in [0.15, 0.2) is 0 Å². The van der Waals surface area contributed by atoms with Crippen molar-refractivity contribution in [1.82, 2.24) is 10.2 Å². The second kappa shape index (κ2) is 8.97. The van der Waals surface area contributed by atoms with Crippen LogP contribution < -0.4 is 5.32 Å². The smallest absolute Gasteiger partial charge is 0.00502 e. The Morgan fingerprint density at radius 1 is 1.00 bits per heavy atom. The summed E-state index contributed by atoms with van der Waals surface area (Å²) in [5.74, 6) is 1.48. The lowest BCUT2D eigenvalue weighted by Crippen LogP contribution is -2.46. The first-order valence-corrected chi connectivity index (χ1v) is 8.15. The van der Waals surface area contributed by atoms with Crippen molar-refractivity contribution in [2.75, 3.05) is 26.2 Å². The molecule has 0 heterocycles. The molecule has 1 N–H and O–H groups in total. The van der Waals surface area contributed by atoms with Crippen molar-refractivity contribution in [3.05, 3.63) is 0 Å². The van der Waals surface area contributed by atoms with Crippen LogP contribution in [-0.2, 0) is 0 Å². The second-order valence-corrected chi connectivity index (χ2v) is 7.61. The van der Waals surface area contributed by atoms with Gasteiger partial charge in [0.25, 0.3) is 0 Å². The maximum atomic E-state index is 3.65. The minimum absolute atomic E-state index is 0.383. The Balaban J connectivity index is 4.45. The molecular weight excluding hydrogens is 232 g/mol. The van der Waals surface area contributed by atoms with E-state index in [1.165, 1.54) is 19.5 Å². The van der Waals surface area contributed by atoms with Gasteiger partial charge < -0.3 is 10.2 Å². The molecule has 116 valence electrons. The first-order valence-electron chi connectivity index (χ1n) is 8.15.